The van der Waals surface area contributed by atoms with E-state index in [2.05, 4.69) is 145 Å². The maximum atomic E-state index is 2.30. The summed E-state index contributed by atoms with van der Waals surface area (Å²) < 4.78 is 0. The van der Waals surface area contributed by atoms with Crippen molar-refractivity contribution in [1.29, 1.82) is 0 Å². The van der Waals surface area contributed by atoms with Crippen LogP contribution in [0.4, 0.5) is 0 Å². The number of aryl methyl sites for hydroxylation is 2. The molecule has 6 aromatic rings. The first-order chi connectivity index (χ1) is 17.1. The van der Waals surface area contributed by atoms with Crippen LogP contribution in [0.3, 0.4) is 0 Å². The Bertz CT molecular complexity index is 1390. The normalized spacial score (nSPS) is 9.37. The Kier molecular flexibility index (Phi) is 15.5. The molecule has 0 nitrogen and oxygen atoms in total. The van der Waals surface area contributed by atoms with E-state index in [1.165, 1.54) is 54.9 Å². The molecular formula is C34H32Cl2SnZr+2. The van der Waals surface area contributed by atoms with Gasteiger partial charge in [-0.05, 0) is 11.1 Å². The van der Waals surface area contributed by atoms with Gasteiger partial charge in [0, 0.05) is 0 Å². The molecule has 4 heteroatoms. The van der Waals surface area contributed by atoms with Gasteiger partial charge in [-0.1, -0.05) is 97.8 Å². The summed E-state index contributed by atoms with van der Waals surface area (Å²) >= 11 is 0.230. The largest absolute Gasteiger partial charge is 4.00 e. The fourth-order valence-corrected chi connectivity index (χ4v) is 4.51. The van der Waals surface area contributed by atoms with Crippen LogP contribution in [0.15, 0.2) is 121 Å². The molecule has 0 amide bonds. The van der Waals surface area contributed by atoms with Crippen LogP contribution in [-0.4, -0.2) is 21.1 Å². The zero-order valence-electron chi connectivity index (χ0n) is 22.3. The van der Waals surface area contributed by atoms with Crippen molar-refractivity contribution in [3.63, 3.8) is 0 Å². The molecule has 6 aromatic carbocycles. The van der Waals surface area contributed by atoms with Crippen LogP contribution in [0.1, 0.15) is 11.1 Å². The van der Waals surface area contributed by atoms with Crippen molar-refractivity contribution in [1.82, 2.24) is 0 Å². The zero-order valence-corrected chi connectivity index (χ0v) is 29.1. The Morgan fingerprint density at radius 3 is 1.18 bits per heavy atom. The van der Waals surface area contributed by atoms with Gasteiger partial charge in [-0.2, -0.15) is 12.1 Å². The molecule has 0 heterocycles. The van der Waals surface area contributed by atoms with E-state index in [1.807, 2.05) is 0 Å². The molecule has 0 spiro atoms. The third-order valence-electron chi connectivity index (χ3n) is 5.96. The van der Waals surface area contributed by atoms with Crippen molar-refractivity contribution in [3.8, 4) is 22.3 Å². The van der Waals surface area contributed by atoms with Crippen LogP contribution in [0.25, 0.3) is 43.8 Å². The average Bonchev–Trinajstić information content (AvgIpc) is 3.46. The Balaban J connectivity index is 0.000000322. The SMILES string of the molecule is Cc1cc2c(-c3ccccc3)cccc2[cH-]1.Cc1cc2c(-c3ccccc3)cccc2[cH-]1.[CH3][Sn+2][CH3].[Cl-].[Cl-].[Zr+4]. The predicted molar refractivity (Wildman–Crippen MR) is 157 cm³/mol. The summed E-state index contributed by atoms with van der Waals surface area (Å²) in [6, 6.07) is 43.1. The summed E-state index contributed by atoms with van der Waals surface area (Å²) in [6.07, 6.45) is 0. The van der Waals surface area contributed by atoms with Crippen molar-refractivity contribution in [3.05, 3.63) is 132 Å². The van der Waals surface area contributed by atoms with E-state index in [-0.39, 0.29) is 72.2 Å². The molecule has 188 valence electrons. The number of fused-ring (bicyclic) bond motifs is 2. The molecule has 0 aliphatic heterocycles. The quantitative estimate of drug-likeness (QED) is 0.189. The molecule has 0 aliphatic carbocycles. The summed E-state index contributed by atoms with van der Waals surface area (Å²) in [6.45, 7) is 4.30. The Labute approximate surface area is 269 Å². The van der Waals surface area contributed by atoms with Crippen LogP contribution < -0.4 is 24.8 Å². The Hall–Kier alpha value is -1.64. The van der Waals surface area contributed by atoms with E-state index in [0.29, 0.717) is 0 Å². The van der Waals surface area contributed by atoms with Crippen molar-refractivity contribution in [2.75, 3.05) is 0 Å². The molecule has 0 N–H and O–H groups in total. The van der Waals surface area contributed by atoms with Gasteiger partial charge in [0.2, 0.25) is 0 Å². The van der Waals surface area contributed by atoms with E-state index in [0.717, 1.165) is 0 Å². The van der Waals surface area contributed by atoms with Crippen LogP contribution in [-0.2, 0) is 26.2 Å². The molecule has 0 bridgehead atoms. The van der Waals surface area contributed by atoms with Gasteiger partial charge in [-0.3, -0.25) is 0 Å². The molecule has 0 saturated heterocycles. The maximum absolute atomic E-state index is 2.30. The van der Waals surface area contributed by atoms with E-state index in [9.17, 15) is 0 Å². The number of hydrogen-bond acceptors (Lipinski definition) is 0. The molecule has 0 radical (unpaired) electrons. The van der Waals surface area contributed by atoms with Crippen molar-refractivity contribution in [2.45, 2.75) is 23.7 Å². The molecule has 38 heavy (non-hydrogen) atoms. The van der Waals surface area contributed by atoms with E-state index in [4.69, 9.17) is 0 Å². The average molecular weight is 721 g/mol. The summed E-state index contributed by atoms with van der Waals surface area (Å²) in [7, 11) is 0. The smallest absolute Gasteiger partial charge is 1.00 e. The van der Waals surface area contributed by atoms with Gasteiger partial charge < -0.3 is 24.8 Å². The van der Waals surface area contributed by atoms with Gasteiger partial charge in [0.15, 0.2) is 0 Å². The van der Waals surface area contributed by atoms with Gasteiger partial charge in [0.25, 0.3) is 0 Å². The summed E-state index contributed by atoms with van der Waals surface area (Å²) in [4.78, 5) is 4.59. The fraction of sp³-hybridized carbons (Fsp3) is 0.118. The monoisotopic (exact) mass is 720 g/mol. The molecule has 0 saturated carbocycles. The molecule has 0 atom stereocenters. The van der Waals surface area contributed by atoms with Crippen molar-refractivity contribution >= 4 is 42.7 Å². The minimum atomic E-state index is 0. The molecule has 0 aliphatic rings. The van der Waals surface area contributed by atoms with Crippen LogP contribution in [0, 0.1) is 13.8 Å². The van der Waals surface area contributed by atoms with Gasteiger partial charge in [0.1, 0.15) is 0 Å². The third kappa shape index (κ3) is 8.68. The third-order valence-corrected chi connectivity index (χ3v) is 5.96. The summed E-state index contributed by atoms with van der Waals surface area (Å²) in [5, 5.41) is 5.37. The number of benzene rings is 4. The first kappa shape index (κ1) is 34.4. The van der Waals surface area contributed by atoms with E-state index < -0.39 is 0 Å². The van der Waals surface area contributed by atoms with Crippen LogP contribution in [0.5, 0.6) is 0 Å². The maximum Gasteiger partial charge on any atom is 4.00 e. The van der Waals surface area contributed by atoms with Crippen molar-refractivity contribution < 1.29 is 51.0 Å². The number of rotatable bonds is 2. The number of hydrogen-bond donors (Lipinski definition) is 0. The fourth-order valence-electron chi connectivity index (χ4n) is 4.51. The predicted octanol–water partition coefficient (Wildman–Crippen LogP) is 3.86. The van der Waals surface area contributed by atoms with Gasteiger partial charge >= 0.3 is 57.2 Å². The van der Waals surface area contributed by atoms with Gasteiger partial charge in [0.05, 0.1) is 0 Å². The second kappa shape index (κ2) is 17.1. The standard InChI is InChI=1S/2C16H13.2CH3.2ClH.Sn.Zr/c2*1-12-10-14-8-5-9-15(16(14)11-12)13-6-3-2-4-7-13;;;;;;/h2*2-11H,1H3;2*1H3;2*1H;;/q2*-1;;;;;+2;+4/p-2. The van der Waals surface area contributed by atoms with Gasteiger partial charge in [-0.25, -0.2) is 0 Å². The van der Waals surface area contributed by atoms with Crippen LogP contribution in [0.2, 0.25) is 9.88 Å². The molecule has 0 aromatic heterocycles. The molecule has 0 fully saturated rings. The van der Waals surface area contributed by atoms with Crippen LogP contribution >= 0.6 is 0 Å². The molecular weight excluding hydrogens is 689 g/mol. The first-order valence-electron chi connectivity index (χ1n) is 12.1. The van der Waals surface area contributed by atoms with E-state index in [1.54, 1.807) is 0 Å². The molecule has 6 rings (SSSR count). The summed E-state index contributed by atoms with van der Waals surface area (Å²) in [5.41, 5.74) is 7.89. The topological polar surface area (TPSA) is 0 Å². The summed E-state index contributed by atoms with van der Waals surface area (Å²) in [5.74, 6) is 0. The van der Waals surface area contributed by atoms with E-state index >= 15 is 0 Å². The number of halogens is 2. The minimum Gasteiger partial charge on any atom is -1.00 e. The Morgan fingerprint density at radius 2 is 0.842 bits per heavy atom. The van der Waals surface area contributed by atoms with Crippen molar-refractivity contribution in [2.24, 2.45) is 0 Å². The zero-order chi connectivity index (χ0) is 24.6. The minimum absolute atomic E-state index is 0. The molecule has 0 unspecified atom stereocenters. The second-order valence-corrected chi connectivity index (χ2v) is 11.8. The second-order valence-electron chi connectivity index (χ2n) is 8.91. The first-order valence-corrected chi connectivity index (χ1v) is 17.8. The Morgan fingerprint density at radius 1 is 0.500 bits per heavy atom. The van der Waals surface area contributed by atoms with Gasteiger partial charge in [-0.15, -0.1) is 69.1 Å².